The number of nitrogens with one attached hydrogen (secondary N) is 1. The zero-order valence-corrected chi connectivity index (χ0v) is 10.9. The van der Waals surface area contributed by atoms with Crippen molar-refractivity contribution in [3.05, 3.63) is 52.6 Å². The van der Waals surface area contributed by atoms with Crippen LogP contribution in [0.5, 0.6) is 0 Å². The molecule has 0 bridgehead atoms. The van der Waals surface area contributed by atoms with E-state index >= 15 is 0 Å². The van der Waals surface area contributed by atoms with Gasteiger partial charge in [-0.15, -0.1) is 0 Å². The smallest absolute Gasteiger partial charge is 0.123 e. The predicted octanol–water partition coefficient (Wildman–Crippen LogP) is 2.03. The second-order valence-corrected chi connectivity index (χ2v) is 4.40. The Kier molecular flexibility index (Phi) is 3.93. The molecular formula is C14H15FN4. The summed E-state index contributed by atoms with van der Waals surface area (Å²) in [6, 6.07) is 6.25. The fraction of sp³-hybridized carbons (Fsp3) is 0.286. The third kappa shape index (κ3) is 2.98. The van der Waals surface area contributed by atoms with E-state index in [9.17, 15) is 4.39 Å². The Bertz CT molecular complexity index is 625. The van der Waals surface area contributed by atoms with Crippen molar-refractivity contribution in [2.24, 2.45) is 7.05 Å². The molecule has 19 heavy (non-hydrogen) atoms. The average Bonchev–Trinajstić information content (AvgIpc) is 2.71. The number of aromatic nitrogens is 2. The molecule has 0 aliphatic rings. The van der Waals surface area contributed by atoms with Crippen LogP contribution in [0.15, 0.2) is 24.4 Å². The summed E-state index contributed by atoms with van der Waals surface area (Å²) in [5, 5.41) is 16.3. The van der Waals surface area contributed by atoms with Gasteiger partial charge in [0.1, 0.15) is 5.82 Å². The second kappa shape index (κ2) is 5.63. The Morgan fingerprint density at radius 3 is 2.74 bits per heavy atom. The molecule has 0 spiro atoms. The number of benzene rings is 1. The average molecular weight is 258 g/mol. The number of hydrogen-bond acceptors (Lipinski definition) is 3. The lowest BCUT2D eigenvalue weighted by atomic mass is 10.1. The lowest BCUT2D eigenvalue weighted by molar-refractivity contribution is 0.619. The summed E-state index contributed by atoms with van der Waals surface area (Å²) in [6.07, 6.45) is 1.80. The summed E-state index contributed by atoms with van der Waals surface area (Å²) in [7, 11) is 1.89. The van der Waals surface area contributed by atoms with Gasteiger partial charge in [0.25, 0.3) is 0 Å². The van der Waals surface area contributed by atoms with Gasteiger partial charge in [0, 0.05) is 31.4 Å². The highest BCUT2D eigenvalue weighted by Gasteiger charge is 2.06. The summed E-state index contributed by atoms with van der Waals surface area (Å²) in [5.74, 6) is -0.326. The van der Waals surface area contributed by atoms with Crippen LogP contribution in [0.4, 0.5) is 4.39 Å². The van der Waals surface area contributed by atoms with Crippen molar-refractivity contribution in [2.75, 3.05) is 0 Å². The molecule has 98 valence electrons. The van der Waals surface area contributed by atoms with E-state index < -0.39 is 0 Å². The molecule has 0 atom stereocenters. The van der Waals surface area contributed by atoms with E-state index in [2.05, 4.69) is 16.5 Å². The van der Waals surface area contributed by atoms with Crippen LogP contribution < -0.4 is 5.32 Å². The fourth-order valence-corrected chi connectivity index (χ4v) is 1.87. The molecule has 0 radical (unpaired) electrons. The van der Waals surface area contributed by atoms with Crippen molar-refractivity contribution in [2.45, 2.75) is 20.0 Å². The second-order valence-electron chi connectivity index (χ2n) is 4.40. The minimum atomic E-state index is -0.326. The van der Waals surface area contributed by atoms with Gasteiger partial charge in [0.05, 0.1) is 17.8 Å². The Morgan fingerprint density at radius 2 is 2.11 bits per heavy atom. The van der Waals surface area contributed by atoms with E-state index in [1.807, 2.05) is 14.0 Å². The first-order chi connectivity index (χ1) is 9.11. The van der Waals surface area contributed by atoms with Crippen molar-refractivity contribution >= 4 is 0 Å². The maximum Gasteiger partial charge on any atom is 0.123 e. The molecule has 1 aromatic heterocycles. The Morgan fingerprint density at radius 1 is 1.37 bits per heavy atom. The molecule has 2 rings (SSSR count). The molecule has 0 aliphatic carbocycles. The zero-order chi connectivity index (χ0) is 13.8. The lowest BCUT2D eigenvalue weighted by Crippen LogP contribution is -2.14. The van der Waals surface area contributed by atoms with Gasteiger partial charge >= 0.3 is 0 Å². The minimum absolute atomic E-state index is 0.326. The van der Waals surface area contributed by atoms with Crippen LogP contribution in [0.3, 0.4) is 0 Å². The molecule has 0 saturated heterocycles. The van der Waals surface area contributed by atoms with Gasteiger partial charge in [0.15, 0.2) is 0 Å². The molecule has 1 aromatic carbocycles. The maximum atomic E-state index is 13.2. The van der Waals surface area contributed by atoms with Crippen molar-refractivity contribution in [3.63, 3.8) is 0 Å². The van der Waals surface area contributed by atoms with Crippen molar-refractivity contribution in [1.82, 2.24) is 15.1 Å². The quantitative estimate of drug-likeness (QED) is 0.913. The predicted molar refractivity (Wildman–Crippen MR) is 69.6 cm³/mol. The zero-order valence-electron chi connectivity index (χ0n) is 10.9. The Labute approximate surface area is 111 Å². The first-order valence-electron chi connectivity index (χ1n) is 5.98. The van der Waals surface area contributed by atoms with Gasteiger partial charge in [-0.25, -0.2) is 4.39 Å². The Hall–Kier alpha value is -2.19. The third-order valence-electron chi connectivity index (χ3n) is 3.16. The van der Waals surface area contributed by atoms with Gasteiger partial charge in [-0.3, -0.25) is 4.68 Å². The van der Waals surface area contributed by atoms with Crippen LogP contribution in [-0.4, -0.2) is 9.78 Å². The lowest BCUT2D eigenvalue weighted by Gasteiger charge is -2.06. The van der Waals surface area contributed by atoms with Gasteiger partial charge in [-0.2, -0.15) is 10.4 Å². The van der Waals surface area contributed by atoms with Crippen LogP contribution in [0.25, 0.3) is 0 Å². The molecular weight excluding hydrogens is 243 g/mol. The number of nitrogens with zero attached hydrogens (tertiary/aromatic N) is 3. The summed E-state index contributed by atoms with van der Waals surface area (Å²) in [6.45, 7) is 3.09. The van der Waals surface area contributed by atoms with Crippen molar-refractivity contribution < 1.29 is 4.39 Å². The van der Waals surface area contributed by atoms with Gasteiger partial charge in [-0.05, 0) is 30.7 Å². The van der Waals surface area contributed by atoms with Gasteiger partial charge in [-0.1, -0.05) is 0 Å². The van der Waals surface area contributed by atoms with E-state index in [-0.39, 0.29) is 5.82 Å². The molecule has 0 saturated carbocycles. The standard InChI is InChI=1S/C14H15FN4/c1-10-13(9-18-19(10)2)8-17-7-12-5-14(15)4-3-11(12)6-16/h3-5,9,17H,7-8H2,1-2H3. The third-order valence-corrected chi connectivity index (χ3v) is 3.16. The molecule has 0 unspecified atom stereocenters. The van der Waals surface area contributed by atoms with Crippen LogP contribution in [0.1, 0.15) is 22.4 Å². The molecule has 5 heteroatoms. The normalized spacial score (nSPS) is 10.4. The highest BCUT2D eigenvalue weighted by Crippen LogP contribution is 2.11. The highest BCUT2D eigenvalue weighted by atomic mass is 19.1. The first-order valence-corrected chi connectivity index (χ1v) is 5.98. The number of halogens is 1. The van der Waals surface area contributed by atoms with E-state index in [0.29, 0.717) is 24.2 Å². The number of rotatable bonds is 4. The maximum absolute atomic E-state index is 13.2. The molecule has 1 N–H and O–H groups in total. The van der Waals surface area contributed by atoms with Crippen LogP contribution in [-0.2, 0) is 20.1 Å². The summed E-state index contributed by atoms with van der Waals surface area (Å²) < 4.78 is 15.0. The van der Waals surface area contributed by atoms with Crippen molar-refractivity contribution in [1.29, 1.82) is 5.26 Å². The number of aryl methyl sites for hydroxylation is 1. The molecule has 2 aromatic rings. The van der Waals surface area contributed by atoms with E-state index in [1.165, 1.54) is 18.2 Å². The number of hydrogen-bond donors (Lipinski definition) is 1. The SMILES string of the molecule is Cc1c(CNCc2cc(F)ccc2C#N)cnn1C. The van der Waals surface area contributed by atoms with E-state index in [0.717, 1.165) is 11.3 Å². The number of nitriles is 1. The molecule has 4 nitrogen and oxygen atoms in total. The van der Waals surface area contributed by atoms with Crippen LogP contribution in [0.2, 0.25) is 0 Å². The van der Waals surface area contributed by atoms with Gasteiger partial charge < -0.3 is 5.32 Å². The van der Waals surface area contributed by atoms with Crippen molar-refractivity contribution in [3.8, 4) is 6.07 Å². The first kappa shape index (κ1) is 13.2. The fourth-order valence-electron chi connectivity index (χ4n) is 1.87. The molecule has 0 fully saturated rings. The Balaban J connectivity index is 2.02. The largest absolute Gasteiger partial charge is 0.308 e. The summed E-state index contributed by atoms with van der Waals surface area (Å²) in [4.78, 5) is 0. The summed E-state index contributed by atoms with van der Waals surface area (Å²) >= 11 is 0. The van der Waals surface area contributed by atoms with Crippen LogP contribution >= 0.6 is 0 Å². The molecule has 1 heterocycles. The topological polar surface area (TPSA) is 53.6 Å². The molecule has 0 amide bonds. The molecule has 0 aliphatic heterocycles. The van der Waals surface area contributed by atoms with Crippen LogP contribution in [0, 0.1) is 24.1 Å². The highest BCUT2D eigenvalue weighted by molar-refractivity contribution is 5.37. The summed E-state index contributed by atoms with van der Waals surface area (Å²) in [5.41, 5.74) is 3.35. The monoisotopic (exact) mass is 258 g/mol. The minimum Gasteiger partial charge on any atom is -0.308 e. The van der Waals surface area contributed by atoms with Gasteiger partial charge in [0.2, 0.25) is 0 Å². The van der Waals surface area contributed by atoms with E-state index in [4.69, 9.17) is 5.26 Å². The van der Waals surface area contributed by atoms with E-state index in [1.54, 1.807) is 10.9 Å².